The van der Waals surface area contributed by atoms with E-state index in [4.69, 9.17) is 0 Å². The molecule has 0 aliphatic carbocycles. The summed E-state index contributed by atoms with van der Waals surface area (Å²) in [5.41, 5.74) is 0. The molecule has 102 valence electrons. The normalized spacial score (nSPS) is 9.32. The van der Waals surface area contributed by atoms with Gasteiger partial charge in [-0.1, -0.05) is 18.2 Å². The Morgan fingerprint density at radius 2 is 1.68 bits per heavy atom. The summed E-state index contributed by atoms with van der Waals surface area (Å²) in [5.74, 6) is -1.59. The third-order valence-corrected chi connectivity index (χ3v) is 1.74. The Balaban J connectivity index is 2.27. The minimum Gasteiger partial charge on any atom is -0.466 e. The predicted octanol–water partition coefficient (Wildman–Crippen LogP) is 1.61. The number of rotatable bonds is 4. The summed E-state index contributed by atoms with van der Waals surface area (Å²) in [5, 5.41) is 0. The smallest absolute Gasteiger partial charge is 0.466 e. The van der Waals surface area contributed by atoms with Crippen molar-refractivity contribution in [2.75, 3.05) is 6.61 Å². The van der Waals surface area contributed by atoms with Crippen LogP contribution in [0.2, 0.25) is 0 Å². The molecule has 0 aliphatic rings. The molecule has 0 aliphatic heterocycles. The molecular weight excluding hydrogens is 256 g/mol. The molecule has 0 amide bonds. The van der Waals surface area contributed by atoms with Crippen LogP contribution in [0.5, 0.6) is 5.75 Å². The van der Waals surface area contributed by atoms with E-state index >= 15 is 0 Å². The summed E-state index contributed by atoms with van der Waals surface area (Å²) in [6.45, 7) is 1.74. The van der Waals surface area contributed by atoms with Crippen molar-refractivity contribution >= 4 is 18.1 Å². The fraction of sp³-hybridized carbons (Fsp3) is 0.250. The van der Waals surface area contributed by atoms with Crippen LogP contribution in [-0.4, -0.2) is 24.7 Å². The highest BCUT2D eigenvalue weighted by Crippen LogP contribution is 2.09. The van der Waals surface area contributed by atoms with Gasteiger partial charge in [0.2, 0.25) is 0 Å². The number of benzene rings is 1. The zero-order valence-corrected chi connectivity index (χ0v) is 10.2. The minimum absolute atomic E-state index is 0.142. The summed E-state index contributed by atoms with van der Waals surface area (Å²) in [7, 11) is 0. The summed E-state index contributed by atoms with van der Waals surface area (Å²) >= 11 is 0. The minimum atomic E-state index is -1.22. The van der Waals surface area contributed by atoms with Gasteiger partial charge in [0.25, 0.3) is 0 Å². The summed E-state index contributed by atoms with van der Waals surface area (Å²) < 4.78 is 9.17. The van der Waals surface area contributed by atoms with Crippen LogP contribution in [0, 0.1) is 0 Å². The first-order valence-electron chi connectivity index (χ1n) is 5.41. The molecule has 1 aromatic carbocycles. The lowest BCUT2D eigenvalue weighted by Gasteiger charge is -2.04. The van der Waals surface area contributed by atoms with Gasteiger partial charge in [-0.3, -0.25) is 4.79 Å². The van der Waals surface area contributed by atoms with Gasteiger partial charge in [-0.05, 0) is 19.1 Å². The van der Waals surface area contributed by atoms with Crippen LogP contribution in [0.3, 0.4) is 0 Å². The van der Waals surface area contributed by atoms with E-state index in [9.17, 15) is 14.4 Å². The monoisotopic (exact) mass is 268 g/mol. The maximum Gasteiger partial charge on any atom is 0.555 e. The molecule has 0 spiro atoms. The van der Waals surface area contributed by atoms with Gasteiger partial charge in [0.05, 0.1) is 6.61 Å². The highest BCUT2D eigenvalue weighted by molar-refractivity contribution is 5.91. The fourth-order valence-corrected chi connectivity index (χ4v) is 1.04. The van der Waals surface area contributed by atoms with Crippen molar-refractivity contribution in [1.29, 1.82) is 0 Å². The molecule has 0 aromatic heterocycles. The van der Waals surface area contributed by atoms with Crippen LogP contribution in [0.1, 0.15) is 13.3 Å². The van der Waals surface area contributed by atoms with Gasteiger partial charge in [0.15, 0.2) is 0 Å². The van der Waals surface area contributed by atoms with Crippen molar-refractivity contribution in [3.05, 3.63) is 30.3 Å². The van der Waals surface area contributed by atoms with Gasteiger partial charge in [-0.25, -0.2) is 14.6 Å². The molecule has 0 fully saturated rings. The van der Waals surface area contributed by atoms with Crippen molar-refractivity contribution in [3.8, 4) is 5.75 Å². The lowest BCUT2D eigenvalue weighted by Crippen LogP contribution is -2.18. The highest BCUT2D eigenvalue weighted by atomic mass is 17.2. The van der Waals surface area contributed by atoms with Crippen molar-refractivity contribution < 1.29 is 33.6 Å². The van der Waals surface area contributed by atoms with Crippen LogP contribution in [0.15, 0.2) is 30.3 Å². The second-order valence-corrected chi connectivity index (χ2v) is 3.19. The number of carbonyl (C=O) groups excluding carboxylic acids is 3. The molecular formula is C12H12O7. The summed E-state index contributed by atoms with van der Waals surface area (Å²) in [6, 6.07) is 8.06. The lowest BCUT2D eigenvalue weighted by molar-refractivity contribution is -0.239. The molecule has 0 saturated carbocycles. The average Bonchev–Trinajstić information content (AvgIpc) is 2.38. The second kappa shape index (κ2) is 7.70. The van der Waals surface area contributed by atoms with Gasteiger partial charge >= 0.3 is 18.1 Å². The molecule has 0 bridgehead atoms. The van der Waals surface area contributed by atoms with Crippen LogP contribution in [-0.2, 0) is 24.1 Å². The van der Waals surface area contributed by atoms with Crippen LogP contribution in [0.25, 0.3) is 0 Å². The number of carbonyl (C=O) groups is 3. The maximum atomic E-state index is 11.1. The van der Waals surface area contributed by atoms with Gasteiger partial charge in [-0.15, -0.1) is 0 Å². The summed E-state index contributed by atoms with van der Waals surface area (Å²) in [6.07, 6.45) is -1.87. The largest absolute Gasteiger partial charge is 0.555 e. The molecule has 0 heterocycles. The molecule has 7 nitrogen and oxygen atoms in total. The number of ether oxygens (including phenoxy) is 2. The van der Waals surface area contributed by atoms with Crippen molar-refractivity contribution in [2.24, 2.45) is 0 Å². The van der Waals surface area contributed by atoms with Gasteiger partial charge in [-0.2, -0.15) is 4.79 Å². The highest BCUT2D eigenvalue weighted by Gasteiger charge is 2.16. The lowest BCUT2D eigenvalue weighted by atomic mass is 10.3. The van der Waals surface area contributed by atoms with Gasteiger partial charge < -0.3 is 9.47 Å². The van der Waals surface area contributed by atoms with E-state index in [1.54, 1.807) is 25.1 Å². The Hall–Kier alpha value is -2.57. The van der Waals surface area contributed by atoms with Gasteiger partial charge in [0.1, 0.15) is 12.2 Å². The number of hydrogen-bond acceptors (Lipinski definition) is 7. The van der Waals surface area contributed by atoms with Crippen LogP contribution >= 0.6 is 0 Å². The second-order valence-electron chi connectivity index (χ2n) is 3.19. The number of hydrogen-bond donors (Lipinski definition) is 0. The first kappa shape index (κ1) is 14.5. The molecule has 0 atom stereocenters. The molecule has 0 saturated heterocycles. The molecule has 7 heteroatoms. The fourth-order valence-electron chi connectivity index (χ4n) is 1.04. The maximum absolute atomic E-state index is 11.1. The molecule has 0 radical (unpaired) electrons. The van der Waals surface area contributed by atoms with Gasteiger partial charge in [0, 0.05) is 0 Å². The van der Waals surface area contributed by atoms with E-state index in [-0.39, 0.29) is 12.4 Å². The first-order chi connectivity index (χ1) is 9.11. The SMILES string of the molecule is CCOC(=O)CC(=O)OOC(=O)Oc1ccccc1. The Labute approximate surface area is 108 Å². The van der Waals surface area contributed by atoms with E-state index in [0.717, 1.165) is 0 Å². The molecule has 1 aromatic rings. The third-order valence-electron chi connectivity index (χ3n) is 1.74. The molecule has 0 unspecified atom stereocenters. The predicted molar refractivity (Wildman–Crippen MR) is 60.9 cm³/mol. The Bertz CT molecular complexity index is 441. The average molecular weight is 268 g/mol. The molecule has 1 rings (SSSR count). The third kappa shape index (κ3) is 6.06. The summed E-state index contributed by atoms with van der Waals surface area (Å²) in [4.78, 5) is 41.2. The first-order valence-corrected chi connectivity index (χ1v) is 5.41. The topological polar surface area (TPSA) is 88.1 Å². The van der Waals surface area contributed by atoms with Crippen molar-refractivity contribution in [3.63, 3.8) is 0 Å². The number of para-hydroxylation sites is 1. The molecule has 19 heavy (non-hydrogen) atoms. The van der Waals surface area contributed by atoms with Crippen LogP contribution < -0.4 is 4.74 Å². The molecule has 0 N–H and O–H groups in total. The Morgan fingerprint density at radius 1 is 1.00 bits per heavy atom. The van der Waals surface area contributed by atoms with Crippen molar-refractivity contribution in [2.45, 2.75) is 13.3 Å². The zero-order valence-electron chi connectivity index (χ0n) is 10.2. The Morgan fingerprint density at radius 3 is 2.32 bits per heavy atom. The van der Waals surface area contributed by atoms with E-state index in [0.29, 0.717) is 0 Å². The van der Waals surface area contributed by atoms with Crippen molar-refractivity contribution in [1.82, 2.24) is 0 Å². The number of esters is 1. The van der Waals surface area contributed by atoms with E-state index < -0.39 is 24.5 Å². The van der Waals surface area contributed by atoms with Crippen LogP contribution in [0.4, 0.5) is 4.79 Å². The Kier molecular flexibility index (Phi) is 5.87. The van der Waals surface area contributed by atoms with E-state index in [1.807, 2.05) is 0 Å². The quantitative estimate of drug-likeness (QED) is 0.269. The van der Waals surface area contributed by atoms with E-state index in [1.165, 1.54) is 12.1 Å². The zero-order chi connectivity index (χ0) is 14.1. The standard InChI is InChI=1S/C12H12O7/c1-2-16-10(13)8-11(14)18-19-12(15)17-9-6-4-3-5-7-9/h3-7H,2,8H2,1H3. The van der Waals surface area contributed by atoms with E-state index in [2.05, 4.69) is 19.2 Å².